The van der Waals surface area contributed by atoms with Gasteiger partial charge in [-0.2, -0.15) is 4.31 Å². The van der Waals surface area contributed by atoms with E-state index in [2.05, 4.69) is 16.9 Å². The normalized spacial score (nSPS) is 18.0. The van der Waals surface area contributed by atoms with Gasteiger partial charge in [0.05, 0.1) is 36.4 Å². The zero-order chi connectivity index (χ0) is 19.4. The van der Waals surface area contributed by atoms with Crippen LogP contribution in [-0.4, -0.2) is 57.3 Å². The molecule has 0 amide bonds. The SMILES string of the molecule is COCC(C)n1c(C)csc1=Nc1ccc(S(=O)(=O)N2CCOCC2)cc1. The Bertz CT molecular complexity index is 926. The second-order valence-corrected chi connectivity index (χ2v) is 9.23. The lowest BCUT2D eigenvalue weighted by Gasteiger charge is -2.26. The van der Waals surface area contributed by atoms with Gasteiger partial charge in [-0.3, -0.25) is 0 Å². The monoisotopic (exact) mass is 411 g/mol. The van der Waals surface area contributed by atoms with E-state index in [4.69, 9.17) is 14.5 Å². The molecule has 0 radical (unpaired) electrons. The van der Waals surface area contributed by atoms with Gasteiger partial charge in [0.15, 0.2) is 4.80 Å². The maximum absolute atomic E-state index is 12.7. The molecule has 1 aromatic carbocycles. The number of sulfonamides is 1. The predicted molar refractivity (Wildman–Crippen MR) is 105 cm³/mol. The van der Waals surface area contributed by atoms with E-state index in [0.29, 0.717) is 32.9 Å². The standard InChI is InChI=1S/C18H25N3O4S2/c1-14(12-24-3)21-15(2)13-26-18(21)19-16-4-6-17(7-5-16)27(22,23)20-8-10-25-11-9-20/h4-7,13-14H,8-12H2,1-3H3. The summed E-state index contributed by atoms with van der Waals surface area (Å²) in [4.78, 5) is 5.84. The zero-order valence-corrected chi connectivity index (χ0v) is 17.4. The van der Waals surface area contributed by atoms with Crippen molar-refractivity contribution in [2.45, 2.75) is 24.8 Å². The molecule has 1 fully saturated rings. The van der Waals surface area contributed by atoms with Crippen LogP contribution in [0.3, 0.4) is 0 Å². The highest BCUT2D eigenvalue weighted by atomic mass is 32.2. The van der Waals surface area contributed by atoms with Crippen LogP contribution in [0.5, 0.6) is 0 Å². The number of morpholine rings is 1. The second-order valence-electron chi connectivity index (χ2n) is 6.46. The Kier molecular flexibility index (Phi) is 6.48. The summed E-state index contributed by atoms with van der Waals surface area (Å²) < 4.78 is 39.5. The van der Waals surface area contributed by atoms with Crippen molar-refractivity contribution in [1.82, 2.24) is 8.87 Å². The molecule has 1 aliphatic rings. The number of ether oxygens (including phenoxy) is 2. The molecule has 2 aromatic rings. The van der Waals surface area contributed by atoms with Crippen molar-refractivity contribution in [2.75, 3.05) is 40.0 Å². The smallest absolute Gasteiger partial charge is 0.243 e. The largest absolute Gasteiger partial charge is 0.383 e. The third-order valence-electron chi connectivity index (χ3n) is 4.44. The molecule has 9 heteroatoms. The van der Waals surface area contributed by atoms with Gasteiger partial charge in [0.25, 0.3) is 0 Å². The van der Waals surface area contributed by atoms with Gasteiger partial charge in [-0.1, -0.05) is 0 Å². The minimum Gasteiger partial charge on any atom is -0.383 e. The summed E-state index contributed by atoms with van der Waals surface area (Å²) in [5.41, 5.74) is 1.84. The number of hydrogen-bond acceptors (Lipinski definition) is 6. The molecule has 0 spiro atoms. The summed E-state index contributed by atoms with van der Waals surface area (Å²) in [6, 6.07) is 6.89. The Balaban J connectivity index is 1.87. The van der Waals surface area contributed by atoms with Crippen molar-refractivity contribution < 1.29 is 17.9 Å². The molecule has 1 unspecified atom stereocenters. The average molecular weight is 412 g/mol. The van der Waals surface area contributed by atoms with Gasteiger partial charge >= 0.3 is 0 Å². The van der Waals surface area contributed by atoms with Gasteiger partial charge in [0.2, 0.25) is 10.0 Å². The first-order valence-corrected chi connectivity index (χ1v) is 11.1. The molecule has 0 aliphatic carbocycles. The van der Waals surface area contributed by atoms with E-state index in [1.807, 2.05) is 6.92 Å². The van der Waals surface area contributed by atoms with Crippen LogP contribution in [-0.2, 0) is 19.5 Å². The molecule has 3 rings (SSSR count). The van der Waals surface area contributed by atoms with Gasteiger partial charge in [-0.05, 0) is 38.1 Å². The Morgan fingerprint density at radius 1 is 1.26 bits per heavy atom. The summed E-state index contributed by atoms with van der Waals surface area (Å²) in [6.07, 6.45) is 0. The zero-order valence-electron chi connectivity index (χ0n) is 15.8. The molecular weight excluding hydrogens is 386 g/mol. The van der Waals surface area contributed by atoms with Crippen molar-refractivity contribution in [3.8, 4) is 0 Å². The molecule has 1 atom stereocenters. The third-order valence-corrected chi connectivity index (χ3v) is 7.31. The fourth-order valence-electron chi connectivity index (χ4n) is 3.07. The molecule has 1 aromatic heterocycles. The highest BCUT2D eigenvalue weighted by molar-refractivity contribution is 7.89. The summed E-state index contributed by atoms with van der Waals surface area (Å²) in [6.45, 7) is 6.37. The maximum atomic E-state index is 12.7. The summed E-state index contributed by atoms with van der Waals surface area (Å²) in [7, 11) is -1.80. The first-order valence-electron chi connectivity index (χ1n) is 8.81. The van der Waals surface area contributed by atoms with Gasteiger partial charge < -0.3 is 14.0 Å². The maximum Gasteiger partial charge on any atom is 0.243 e. The first kappa shape index (κ1) is 20.2. The van der Waals surface area contributed by atoms with Crippen LogP contribution in [0, 0.1) is 6.92 Å². The van der Waals surface area contributed by atoms with Crippen LogP contribution in [0.25, 0.3) is 0 Å². The third kappa shape index (κ3) is 4.49. The van der Waals surface area contributed by atoms with Gasteiger partial charge in [0, 0.05) is 31.3 Å². The molecular formula is C18H25N3O4S2. The van der Waals surface area contributed by atoms with E-state index < -0.39 is 10.0 Å². The van der Waals surface area contributed by atoms with Crippen LogP contribution in [0.2, 0.25) is 0 Å². The van der Waals surface area contributed by atoms with E-state index in [0.717, 1.165) is 16.2 Å². The number of thiazole rings is 1. The number of methoxy groups -OCH3 is 1. The van der Waals surface area contributed by atoms with E-state index in [1.54, 1.807) is 42.7 Å². The van der Waals surface area contributed by atoms with Crippen LogP contribution in [0.4, 0.5) is 5.69 Å². The number of aryl methyl sites for hydroxylation is 1. The Hall–Kier alpha value is -1.52. The summed E-state index contributed by atoms with van der Waals surface area (Å²) in [5, 5.41) is 2.06. The van der Waals surface area contributed by atoms with Crippen molar-refractivity contribution in [2.24, 2.45) is 4.99 Å². The number of aromatic nitrogens is 1. The fourth-order valence-corrected chi connectivity index (χ4v) is 5.47. The molecule has 0 N–H and O–H groups in total. The van der Waals surface area contributed by atoms with Gasteiger partial charge in [-0.15, -0.1) is 11.3 Å². The lowest BCUT2D eigenvalue weighted by atomic mass is 10.3. The van der Waals surface area contributed by atoms with Crippen molar-refractivity contribution in [1.29, 1.82) is 0 Å². The quantitative estimate of drug-likeness (QED) is 0.731. The molecule has 0 bridgehead atoms. The molecule has 7 nitrogen and oxygen atoms in total. The van der Waals surface area contributed by atoms with E-state index in [9.17, 15) is 8.42 Å². The number of nitrogens with zero attached hydrogens (tertiary/aromatic N) is 3. The minimum absolute atomic E-state index is 0.168. The Morgan fingerprint density at radius 3 is 2.56 bits per heavy atom. The van der Waals surface area contributed by atoms with Crippen molar-refractivity contribution >= 4 is 27.0 Å². The fraction of sp³-hybridized carbons (Fsp3) is 0.500. The molecule has 148 valence electrons. The Morgan fingerprint density at radius 2 is 1.93 bits per heavy atom. The van der Waals surface area contributed by atoms with Crippen molar-refractivity contribution in [3.05, 3.63) is 40.1 Å². The highest BCUT2D eigenvalue weighted by Gasteiger charge is 2.26. The molecule has 27 heavy (non-hydrogen) atoms. The van der Waals surface area contributed by atoms with E-state index >= 15 is 0 Å². The molecule has 1 aliphatic heterocycles. The van der Waals surface area contributed by atoms with Gasteiger partial charge in [-0.25, -0.2) is 13.4 Å². The highest BCUT2D eigenvalue weighted by Crippen LogP contribution is 2.21. The Labute approximate surface area is 163 Å². The van der Waals surface area contributed by atoms with E-state index in [1.165, 1.54) is 4.31 Å². The molecule has 2 heterocycles. The first-order chi connectivity index (χ1) is 12.9. The van der Waals surface area contributed by atoms with Crippen molar-refractivity contribution in [3.63, 3.8) is 0 Å². The number of rotatable bonds is 6. The average Bonchev–Trinajstić information content (AvgIpc) is 3.03. The topological polar surface area (TPSA) is 73.1 Å². The van der Waals surface area contributed by atoms with Crippen LogP contribution >= 0.6 is 11.3 Å². The van der Waals surface area contributed by atoms with E-state index in [-0.39, 0.29) is 10.9 Å². The minimum atomic E-state index is -3.48. The summed E-state index contributed by atoms with van der Waals surface area (Å²) in [5.74, 6) is 0. The summed E-state index contributed by atoms with van der Waals surface area (Å²) >= 11 is 1.56. The number of hydrogen-bond donors (Lipinski definition) is 0. The lowest BCUT2D eigenvalue weighted by molar-refractivity contribution is 0.0730. The number of benzene rings is 1. The van der Waals surface area contributed by atoms with Crippen LogP contribution in [0.15, 0.2) is 39.5 Å². The second kappa shape index (κ2) is 8.66. The predicted octanol–water partition coefficient (Wildman–Crippen LogP) is 2.32. The van der Waals surface area contributed by atoms with Crippen LogP contribution in [0.1, 0.15) is 18.7 Å². The molecule has 0 saturated carbocycles. The molecule has 1 saturated heterocycles. The van der Waals surface area contributed by atoms with Crippen LogP contribution < -0.4 is 4.80 Å². The van der Waals surface area contributed by atoms with Gasteiger partial charge in [0.1, 0.15) is 0 Å². The lowest BCUT2D eigenvalue weighted by Crippen LogP contribution is -2.40.